The van der Waals surface area contributed by atoms with E-state index in [9.17, 15) is 13.2 Å². The molecule has 11 heteroatoms. The molecule has 0 aliphatic carbocycles. The van der Waals surface area contributed by atoms with E-state index in [4.69, 9.17) is 5.14 Å². The van der Waals surface area contributed by atoms with E-state index in [2.05, 4.69) is 25.3 Å². The van der Waals surface area contributed by atoms with Gasteiger partial charge in [0.05, 0.1) is 16.9 Å². The lowest BCUT2D eigenvalue weighted by Gasteiger charge is -2.18. The summed E-state index contributed by atoms with van der Waals surface area (Å²) >= 11 is 1.42. The Morgan fingerprint density at radius 3 is 2.63 bits per heavy atom. The van der Waals surface area contributed by atoms with Gasteiger partial charge in [0.1, 0.15) is 6.04 Å². The van der Waals surface area contributed by atoms with E-state index in [0.717, 1.165) is 16.6 Å². The number of benzene rings is 2. The summed E-state index contributed by atoms with van der Waals surface area (Å²) in [6, 6.07) is 18.6. The summed E-state index contributed by atoms with van der Waals surface area (Å²) < 4.78 is 24.4. The van der Waals surface area contributed by atoms with E-state index < -0.39 is 16.3 Å². The fraction of sp³-hybridized carbons (Fsp3) is 0.208. The van der Waals surface area contributed by atoms with Crippen molar-refractivity contribution >= 4 is 49.2 Å². The van der Waals surface area contributed by atoms with Gasteiger partial charge in [-0.15, -0.1) is 11.3 Å². The van der Waals surface area contributed by atoms with Crippen molar-refractivity contribution in [1.82, 2.24) is 14.7 Å². The van der Waals surface area contributed by atoms with E-state index in [1.54, 1.807) is 6.20 Å². The minimum atomic E-state index is -3.74. The number of carbonyl (C=O) groups is 1. The van der Waals surface area contributed by atoms with Crippen molar-refractivity contribution in [1.29, 1.82) is 0 Å². The van der Waals surface area contributed by atoms with Crippen LogP contribution in [0.5, 0.6) is 0 Å². The van der Waals surface area contributed by atoms with Crippen molar-refractivity contribution in [2.75, 3.05) is 17.2 Å². The lowest BCUT2D eigenvalue weighted by atomic mass is 10.1. The Morgan fingerprint density at radius 1 is 1.03 bits per heavy atom. The van der Waals surface area contributed by atoms with Gasteiger partial charge < -0.3 is 10.6 Å². The van der Waals surface area contributed by atoms with Crippen LogP contribution in [0.3, 0.4) is 0 Å². The molecule has 0 radical (unpaired) electrons. The molecule has 1 amide bonds. The Balaban J connectivity index is 1.48. The second-order valence-corrected chi connectivity index (χ2v) is 10.1. The lowest BCUT2D eigenvalue weighted by Crippen LogP contribution is -2.35. The number of unbranched alkanes of at least 4 members (excludes halogenated alkanes) is 1. The number of aromatic nitrogens is 2. The first-order valence-electron chi connectivity index (χ1n) is 11.1. The average Bonchev–Trinajstić information content (AvgIpc) is 3.32. The van der Waals surface area contributed by atoms with E-state index in [-0.39, 0.29) is 12.5 Å². The molecule has 1 atom stereocenters. The summed E-state index contributed by atoms with van der Waals surface area (Å²) in [5.41, 5.74) is 3.15. The second kappa shape index (κ2) is 11.4. The minimum absolute atomic E-state index is 0.204. The third-order valence-electron chi connectivity index (χ3n) is 5.30. The molecule has 0 fully saturated rings. The van der Waals surface area contributed by atoms with Crippen molar-refractivity contribution in [3.8, 4) is 11.3 Å². The molecule has 2 aromatic heterocycles. The number of nitrogens with zero attached hydrogens (tertiary/aromatic N) is 2. The summed E-state index contributed by atoms with van der Waals surface area (Å²) in [5.74, 6) is -0.223. The highest BCUT2D eigenvalue weighted by atomic mass is 32.2. The molecule has 182 valence electrons. The summed E-state index contributed by atoms with van der Waals surface area (Å²) in [6.07, 6.45) is 3.28. The summed E-state index contributed by atoms with van der Waals surface area (Å²) in [4.78, 5) is 22.3. The summed E-state index contributed by atoms with van der Waals surface area (Å²) in [6.45, 7) is 0.204. The number of hydrogen-bond acceptors (Lipinski definition) is 7. The standard InChI is InChI=1S/C24H26N6O3S2/c25-35(32,33)27-15-5-4-12-20(29-24-30-21(16-34-24)17-8-2-1-3-9-17)23(31)28-19-13-6-10-18-11-7-14-26-22(18)19/h1-3,6-11,13-14,16,20,27H,4-5,12,15H2,(H,28,31)(H,29,30)(H2,25,32,33)/t20-/m0/s1. The molecular formula is C24H26N6O3S2. The van der Waals surface area contributed by atoms with Crippen molar-refractivity contribution in [2.24, 2.45) is 5.14 Å². The average molecular weight is 511 g/mol. The maximum Gasteiger partial charge on any atom is 0.274 e. The molecule has 4 rings (SSSR count). The van der Waals surface area contributed by atoms with Crippen molar-refractivity contribution in [3.05, 3.63) is 72.2 Å². The molecule has 9 nitrogen and oxygen atoms in total. The number of rotatable bonds is 11. The van der Waals surface area contributed by atoms with Crippen LogP contribution in [0, 0.1) is 0 Å². The topological polar surface area (TPSA) is 139 Å². The van der Waals surface area contributed by atoms with Crippen LogP contribution in [0.25, 0.3) is 22.2 Å². The van der Waals surface area contributed by atoms with Gasteiger partial charge in [0.25, 0.3) is 10.2 Å². The predicted molar refractivity (Wildman–Crippen MR) is 140 cm³/mol. The van der Waals surface area contributed by atoms with Crippen LogP contribution in [0.15, 0.2) is 72.2 Å². The Morgan fingerprint density at radius 2 is 1.83 bits per heavy atom. The molecule has 0 bridgehead atoms. The van der Waals surface area contributed by atoms with Crippen LogP contribution < -0.4 is 20.5 Å². The van der Waals surface area contributed by atoms with Crippen LogP contribution >= 0.6 is 11.3 Å². The van der Waals surface area contributed by atoms with Crippen LogP contribution in [-0.4, -0.2) is 36.9 Å². The minimum Gasteiger partial charge on any atom is -0.350 e. The molecule has 0 aliphatic heterocycles. The monoisotopic (exact) mass is 510 g/mol. The van der Waals surface area contributed by atoms with Crippen LogP contribution in [0.4, 0.5) is 10.8 Å². The molecule has 0 saturated heterocycles. The fourth-order valence-electron chi connectivity index (χ4n) is 3.61. The van der Waals surface area contributed by atoms with Gasteiger partial charge in [-0.25, -0.2) is 14.8 Å². The van der Waals surface area contributed by atoms with Crippen molar-refractivity contribution < 1.29 is 13.2 Å². The van der Waals surface area contributed by atoms with E-state index >= 15 is 0 Å². The maximum atomic E-state index is 13.3. The SMILES string of the molecule is NS(=O)(=O)NCCCC[C@H](Nc1nc(-c2ccccc2)cs1)C(=O)Nc1cccc2cccnc12. The van der Waals surface area contributed by atoms with Gasteiger partial charge in [-0.1, -0.05) is 48.5 Å². The third kappa shape index (κ3) is 7.06. The van der Waals surface area contributed by atoms with Crippen molar-refractivity contribution in [2.45, 2.75) is 25.3 Å². The molecular weight excluding hydrogens is 484 g/mol. The quantitative estimate of drug-likeness (QED) is 0.227. The first kappa shape index (κ1) is 24.7. The normalized spacial score (nSPS) is 12.4. The van der Waals surface area contributed by atoms with Crippen molar-refractivity contribution in [3.63, 3.8) is 0 Å². The molecule has 2 heterocycles. The number of nitrogens with one attached hydrogen (secondary N) is 3. The number of nitrogens with two attached hydrogens (primary N) is 1. The number of fused-ring (bicyclic) bond motifs is 1. The van der Waals surface area contributed by atoms with Gasteiger partial charge in [-0.05, 0) is 31.4 Å². The van der Waals surface area contributed by atoms with Crippen LogP contribution in [-0.2, 0) is 15.0 Å². The molecule has 0 saturated carbocycles. The maximum absolute atomic E-state index is 13.3. The Labute approximate surface area is 208 Å². The number of thiazole rings is 1. The number of hydrogen-bond donors (Lipinski definition) is 4. The fourth-order valence-corrected chi connectivity index (χ4v) is 4.81. The number of amides is 1. The van der Waals surface area contributed by atoms with Crippen LogP contribution in [0.1, 0.15) is 19.3 Å². The van der Waals surface area contributed by atoms with Crippen LogP contribution in [0.2, 0.25) is 0 Å². The number of para-hydroxylation sites is 1. The molecule has 0 aliphatic rings. The molecule has 5 N–H and O–H groups in total. The predicted octanol–water partition coefficient (Wildman–Crippen LogP) is 3.74. The molecule has 35 heavy (non-hydrogen) atoms. The zero-order chi connectivity index (χ0) is 24.7. The lowest BCUT2D eigenvalue weighted by molar-refractivity contribution is -0.117. The first-order valence-corrected chi connectivity index (χ1v) is 13.5. The van der Waals surface area contributed by atoms with Gasteiger partial charge in [0.2, 0.25) is 5.91 Å². The summed E-state index contributed by atoms with van der Waals surface area (Å²) in [7, 11) is -3.74. The van der Waals surface area contributed by atoms with Gasteiger partial charge in [0.15, 0.2) is 5.13 Å². The van der Waals surface area contributed by atoms with E-state index in [0.29, 0.717) is 35.6 Å². The highest BCUT2D eigenvalue weighted by Crippen LogP contribution is 2.26. The summed E-state index contributed by atoms with van der Waals surface area (Å²) in [5, 5.41) is 14.7. The van der Waals surface area contributed by atoms with E-state index in [1.807, 2.05) is 66.0 Å². The first-order chi connectivity index (χ1) is 16.9. The Bertz CT molecular complexity index is 1390. The number of pyridine rings is 1. The largest absolute Gasteiger partial charge is 0.350 e. The molecule has 0 unspecified atom stereocenters. The zero-order valence-corrected chi connectivity index (χ0v) is 20.5. The zero-order valence-electron chi connectivity index (χ0n) is 18.8. The smallest absolute Gasteiger partial charge is 0.274 e. The Kier molecular flexibility index (Phi) is 8.03. The second-order valence-electron chi connectivity index (χ2n) is 7.91. The molecule has 2 aromatic carbocycles. The molecule has 4 aromatic rings. The third-order valence-corrected chi connectivity index (χ3v) is 6.68. The number of carbonyl (C=O) groups excluding carboxylic acids is 1. The van der Waals surface area contributed by atoms with E-state index in [1.165, 1.54) is 11.3 Å². The molecule has 0 spiro atoms. The highest BCUT2D eigenvalue weighted by molar-refractivity contribution is 7.87. The Hall–Kier alpha value is -3.38. The van der Waals surface area contributed by atoms with Gasteiger partial charge in [-0.3, -0.25) is 9.78 Å². The van der Waals surface area contributed by atoms with Gasteiger partial charge in [0, 0.05) is 29.1 Å². The highest BCUT2D eigenvalue weighted by Gasteiger charge is 2.21. The van der Waals surface area contributed by atoms with Gasteiger partial charge in [-0.2, -0.15) is 8.42 Å². The van der Waals surface area contributed by atoms with Gasteiger partial charge >= 0.3 is 0 Å². The number of anilines is 2.